The number of nitrogens with one attached hydrogen (secondary N) is 1. The zero-order valence-corrected chi connectivity index (χ0v) is 13.5. The van der Waals surface area contributed by atoms with Crippen molar-refractivity contribution < 1.29 is 23.6 Å². The molecule has 132 valence electrons. The number of nitrogens with zero attached hydrogens (tertiary/aromatic N) is 3. The lowest BCUT2D eigenvalue weighted by Gasteiger charge is -2.18. The van der Waals surface area contributed by atoms with Crippen LogP contribution in [0.15, 0.2) is 28.8 Å². The molecule has 2 aromatic rings. The van der Waals surface area contributed by atoms with Crippen molar-refractivity contribution in [2.24, 2.45) is 5.92 Å². The molecule has 8 nitrogen and oxygen atoms in total. The van der Waals surface area contributed by atoms with E-state index in [-0.39, 0.29) is 24.3 Å². The number of urea groups is 1. The molecule has 1 saturated heterocycles. The molecule has 1 aliphatic heterocycles. The zero-order valence-electron chi connectivity index (χ0n) is 13.5. The number of halogens is 1. The second-order valence-corrected chi connectivity index (χ2v) is 5.91. The standard InChI is InChI=1S/C16H17FN4O4/c1-9(18-16(24)21-6-5-11(8-21)15(22)23)14-19-13(20-25-14)10-3-2-4-12(17)7-10/h2-4,7,9,11H,5-6,8H2,1H3,(H,18,24)(H,22,23). The molecule has 0 saturated carbocycles. The van der Waals surface area contributed by atoms with E-state index in [0.29, 0.717) is 18.5 Å². The second kappa shape index (κ2) is 6.88. The third kappa shape index (κ3) is 3.76. The Bertz CT molecular complexity index is 794. The molecule has 25 heavy (non-hydrogen) atoms. The topological polar surface area (TPSA) is 109 Å². The normalized spacial score (nSPS) is 18.2. The molecule has 2 unspecified atom stereocenters. The predicted octanol–water partition coefficient (Wildman–Crippen LogP) is 2.05. The lowest BCUT2D eigenvalue weighted by molar-refractivity contribution is -0.141. The molecule has 0 spiro atoms. The number of hydrogen-bond donors (Lipinski definition) is 2. The van der Waals surface area contributed by atoms with E-state index < -0.39 is 23.7 Å². The molecule has 0 radical (unpaired) electrons. The first-order valence-corrected chi connectivity index (χ1v) is 7.82. The fourth-order valence-corrected chi connectivity index (χ4v) is 2.64. The summed E-state index contributed by atoms with van der Waals surface area (Å²) in [6.45, 7) is 2.23. The Morgan fingerprint density at radius 2 is 2.28 bits per heavy atom. The monoisotopic (exact) mass is 348 g/mol. The number of hydrogen-bond acceptors (Lipinski definition) is 5. The van der Waals surface area contributed by atoms with E-state index in [9.17, 15) is 14.0 Å². The van der Waals surface area contributed by atoms with Crippen LogP contribution < -0.4 is 5.32 Å². The van der Waals surface area contributed by atoms with Gasteiger partial charge in [-0.15, -0.1) is 0 Å². The first kappa shape index (κ1) is 16.9. The van der Waals surface area contributed by atoms with Crippen molar-refractivity contribution >= 4 is 12.0 Å². The van der Waals surface area contributed by atoms with Gasteiger partial charge in [-0.25, -0.2) is 9.18 Å². The molecule has 1 fully saturated rings. The Balaban J connectivity index is 1.63. The van der Waals surface area contributed by atoms with Crippen LogP contribution in [0.25, 0.3) is 11.4 Å². The minimum absolute atomic E-state index is 0.173. The van der Waals surface area contributed by atoms with E-state index in [0.717, 1.165) is 0 Å². The van der Waals surface area contributed by atoms with Gasteiger partial charge in [0.25, 0.3) is 0 Å². The van der Waals surface area contributed by atoms with E-state index >= 15 is 0 Å². The average Bonchev–Trinajstić information content (AvgIpc) is 3.24. The average molecular weight is 348 g/mol. The van der Waals surface area contributed by atoms with Crippen molar-refractivity contribution in [1.29, 1.82) is 0 Å². The van der Waals surface area contributed by atoms with Crippen molar-refractivity contribution in [1.82, 2.24) is 20.4 Å². The summed E-state index contributed by atoms with van der Waals surface area (Å²) in [5, 5.41) is 15.5. The maximum atomic E-state index is 13.3. The highest BCUT2D eigenvalue weighted by molar-refractivity contribution is 5.77. The summed E-state index contributed by atoms with van der Waals surface area (Å²) in [6.07, 6.45) is 0.432. The smallest absolute Gasteiger partial charge is 0.318 e. The fraction of sp³-hybridized carbons (Fsp3) is 0.375. The predicted molar refractivity (Wildman–Crippen MR) is 84.0 cm³/mol. The number of rotatable bonds is 4. The Labute approximate surface area is 142 Å². The van der Waals surface area contributed by atoms with Gasteiger partial charge in [0, 0.05) is 18.7 Å². The van der Waals surface area contributed by atoms with Crippen LogP contribution in [-0.2, 0) is 4.79 Å². The number of aliphatic carboxylic acids is 1. The Morgan fingerprint density at radius 3 is 2.96 bits per heavy atom. The third-order valence-corrected chi connectivity index (χ3v) is 4.06. The summed E-state index contributed by atoms with van der Waals surface area (Å²) in [5.41, 5.74) is 0.470. The molecule has 0 aliphatic carbocycles. The minimum atomic E-state index is -0.903. The van der Waals surface area contributed by atoms with Gasteiger partial charge in [0.05, 0.1) is 5.92 Å². The van der Waals surface area contributed by atoms with Crippen LogP contribution in [0.3, 0.4) is 0 Å². The van der Waals surface area contributed by atoms with Gasteiger partial charge in [-0.1, -0.05) is 17.3 Å². The van der Waals surface area contributed by atoms with Gasteiger partial charge in [0.2, 0.25) is 11.7 Å². The molecule has 2 N–H and O–H groups in total. The van der Waals surface area contributed by atoms with Gasteiger partial charge in [0.1, 0.15) is 11.9 Å². The Hall–Kier alpha value is -2.97. The highest BCUT2D eigenvalue weighted by Gasteiger charge is 2.31. The van der Waals surface area contributed by atoms with Gasteiger partial charge >= 0.3 is 12.0 Å². The lowest BCUT2D eigenvalue weighted by Crippen LogP contribution is -2.40. The van der Waals surface area contributed by atoms with E-state index in [2.05, 4.69) is 15.5 Å². The zero-order chi connectivity index (χ0) is 18.0. The summed E-state index contributed by atoms with van der Waals surface area (Å²) in [6, 6.07) is 4.84. The van der Waals surface area contributed by atoms with Crippen LogP contribution in [0.4, 0.5) is 9.18 Å². The first-order chi connectivity index (χ1) is 11.9. The van der Waals surface area contributed by atoms with E-state index in [1.54, 1.807) is 13.0 Å². The highest BCUT2D eigenvalue weighted by Crippen LogP contribution is 2.21. The largest absolute Gasteiger partial charge is 0.481 e. The van der Waals surface area contributed by atoms with Crippen molar-refractivity contribution in [3.8, 4) is 11.4 Å². The van der Waals surface area contributed by atoms with E-state index in [1.807, 2.05) is 0 Å². The summed E-state index contributed by atoms with van der Waals surface area (Å²) in [4.78, 5) is 28.8. The summed E-state index contributed by atoms with van der Waals surface area (Å²) in [5.74, 6) is -1.44. The molecule has 2 amide bonds. The summed E-state index contributed by atoms with van der Waals surface area (Å²) < 4.78 is 18.4. The number of aromatic nitrogens is 2. The summed E-state index contributed by atoms with van der Waals surface area (Å²) in [7, 11) is 0. The molecule has 1 aromatic heterocycles. The van der Waals surface area contributed by atoms with Crippen LogP contribution >= 0.6 is 0 Å². The Morgan fingerprint density at radius 1 is 1.48 bits per heavy atom. The van der Waals surface area contributed by atoms with Gasteiger partial charge in [0.15, 0.2) is 0 Å². The maximum absolute atomic E-state index is 13.3. The number of likely N-dealkylation sites (tertiary alicyclic amines) is 1. The molecule has 9 heteroatoms. The second-order valence-electron chi connectivity index (χ2n) is 5.91. The molecule has 2 heterocycles. The molecule has 1 aliphatic rings. The number of carbonyl (C=O) groups excluding carboxylic acids is 1. The highest BCUT2D eigenvalue weighted by atomic mass is 19.1. The van der Waals surface area contributed by atoms with E-state index in [4.69, 9.17) is 9.63 Å². The molecule has 2 atom stereocenters. The molecular weight excluding hydrogens is 331 g/mol. The quantitative estimate of drug-likeness (QED) is 0.875. The lowest BCUT2D eigenvalue weighted by atomic mass is 10.1. The number of carboxylic acid groups (broad SMARTS) is 1. The number of amides is 2. The minimum Gasteiger partial charge on any atom is -0.481 e. The van der Waals surface area contributed by atoms with Crippen LogP contribution in [0.2, 0.25) is 0 Å². The molecule has 3 rings (SSSR count). The first-order valence-electron chi connectivity index (χ1n) is 7.82. The number of benzene rings is 1. The van der Waals surface area contributed by atoms with Crippen LogP contribution in [0.1, 0.15) is 25.3 Å². The molecule has 0 bridgehead atoms. The van der Waals surface area contributed by atoms with Crippen molar-refractivity contribution in [3.05, 3.63) is 36.0 Å². The number of carboxylic acids is 1. The van der Waals surface area contributed by atoms with Crippen molar-refractivity contribution in [2.45, 2.75) is 19.4 Å². The van der Waals surface area contributed by atoms with Crippen molar-refractivity contribution in [3.63, 3.8) is 0 Å². The number of carbonyl (C=O) groups is 2. The SMILES string of the molecule is CC(NC(=O)N1CCC(C(=O)O)C1)c1nc(-c2cccc(F)c2)no1. The fourth-order valence-electron chi connectivity index (χ4n) is 2.64. The van der Waals surface area contributed by atoms with Gasteiger partial charge in [-0.3, -0.25) is 4.79 Å². The maximum Gasteiger partial charge on any atom is 0.318 e. The Kier molecular flexibility index (Phi) is 4.64. The van der Waals surface area contributed by atoms with Crippen molar-refractivity contribution in [2.75, 3.05) is 13.1 Å². The van der Waals surface area contributed by atoms with Gasteiger partial charge in [-0.05, 0) is 25.5 Å². The van der Waals surface area contributed by atoms with Crippen LogP contribution in [0, 0.1) is 11.7 Å². The van der Waals surface area contributed by atoms with Crippen LogP contribution in [-0.4, -0.2) is 45.2 Å². The van der Waals surface area contributed by atoms with Gasteiger partial charge in [-0.2, -0.15) is 4.98 Å². The third-order valence-electron chi connectivity index (χ3n) is 4.06. The summed E-state index contributed by atoms with van der Waals surface area (Å²) >= 11 is 0. The van der Waals surface area contributed by atoms with Gasteiger partial charge < -0.3 is 19.8 Å². The van der Waals surface area contributed by atoms with E-state index in [1.165, 1.54) is 23.1 Å². The van der Waals surface area contributed by atoms with Crippen LogP contribution in [0.5, 0.6) is 0 Å². The molecular formula is C16H17FN4O4. The molecule has 1 aromatic carbocycles.